The molecular weight excluding hydrogens is 292 g/mol. The highest BCUT2D eigenvalue weighted by atomic mass is 32.1. The first-order valence-corrected chi connectivity index (χ1v) is 8.21. The van der Waals surface area contributed by atoms with Gasteiger partial charge in [-0.3, -0.25) is 4.79 Å². The van der Waals surface area contributed by atoms with Crippen molar-refractivity contribution in [3.63, 3.8) is 0 Å². The number of carbonyl (C=O) groups is 1. The zero-order valence-electron chi connectivity index (χ0n) is 11.3. The summed E-state index contributed by atoms with van der Waals surface area (Å²) in [5.74, 6) is 0.142. The molecule has 0 radical (unpaired) electrons. The fourth-order valence-electron chi connectivity index (χ4n) is 1.64. The summed E-state index contributed by atoms with van der Waals surface area (Å²) in [6, 6.07) is 4.07. The molecule has 20 heavy (non-hydrogen) atoms. The third-order valence-corrected chi connectivity index (χ3v) is 4.59. The molecule has 0 aliphatic rings. The molecule has 4 N–H and O–H groups in total. The van der Waals surface area contributed by atoms with E-state index >= 15 is 0 Å². The molecule has 2 aromatic heterocycles. The third kappa shape index (κ3) is 3.94. The summed E-state index contributed by atoms with van der Waals surface area (Å²) in [5.41, 5.74) is 5.78. The molecule has 1 amide bonds. The van der Waals surface area contributed by atoms with Crippen LogP contribution in [0.1, 0.15) is 27.9 Å². The molecule has 0 aliphatic carbocycles. The third-order valence-electron chi connectivity index (χ3n) is 2.62. The number of thiazole rings is 1. The summed E-state index contributed by atoms with van der Waals surface area (Å²) >= 11 is 2.99. The molecule has 2 aromatic rings. The second-order valence-corrected chi connectivity index (χ2v) is 6.28. The summed E-state index contributed by atoms with van der Waals surface area (Å²) in [4.78, 5) is 17.9. The van der Waals surface area contributed by atoms with Crippen LogP contribution in [-0.4, -0.2) is 24.0 Å². The number of aromatic nitrogens is 1. The Bertz CT molecular complexity index is 551. The highest BCUT2D eigenvalue weighted by molar-refractivity contribution is 7.18. The number of hydrogen-bond acceptors (Lipinski definition) is 6. The van der Waals surface area contributed by atoms with E-state index in [1.54, 1.807) is 11.3 Å². The number of hydrogen-bond donors (Lipinski definition) is 3. The van der Waals surface area contributed by atoms with Gasteiger partial charge >= 0.3 is 0 Å². The summed E-state index contributed by atoms with van der Waals surface area (Å²) in [6.07, 6.45) is 1.84. The Labute approximate surface area is 126 Å². The summed E-state index contributed by atoms with van der Waals surface area (Å²) in [5, 5.41) is 8.75. The molecule has 7 heteroatoms. The molecule has 108 valence electrons. The van der Waals surface area contributed by atoms with Crippen LogP contribution >= 0.6 is 22.7 Å². The molecule has 0 saturated carbocycles. The van der Waals surface area contributed by atoms with Gasteiger partial charge in [-0.1, -0.05) is 24.3 Å². The van der Waals surface area contributed by atoms with Crippen LogP contribution in [0.5, 0.6) is 0 Å². The number of nitrogens with two attached hydrogens (primary N) is 1. The van der Waals surface area contributed by atoms with E-state index in [-0.39, 0.29) is 5.91 Å². The van der Waals surface area contributed by atoms with Gasteiger partial charge in [0.1, 0.15) is 10.7 Å². The number of nitrogens with one attached hydrogen (secondary N) is 2. The van der Waals surface area contributed by atoms with E-state index in [0.717, 1.165) is 19.4 Å². The minimum Gasteiger partial charge on any atom is -0.382 e. The number of amides is 1. The van der Waals surface area contributed by atoms with Crippen molar-refractivity contribution in [1.82, 2.24) is 10.3 Å². The molecular formula is C13H18N4OS2. The standard InChI is InChI=1S/C13H18N4OS2/c1-2-6-16-13-17-11(14)10(20-13)12(18)15-7-5-9-4-3-8-19-9/h3-4,8H,2,5-7,14H2,1H3,(H,15,18)(H,16,17). The minimum atomic E-state index is -0.152. The van der Waals surface area contributed by atoms with E-state index < -0.39 is 0 Å². The van der Waals surface area contributed by atoms with Crippen molar-refractivity contribution in [3.05, 3.63) is 27.3 Å². The molecule has 0 spiro atoms. The lowest BCUT2D eigenvalue weighted by Crippen LogP contribution is -2.25. The Morgan fingerprint density at radius 1 is 1.45 bits per heavy atom. The zero-order valence-corrected chi connectivity index (χ0v) is 12.9. The molecule has 2 rings (SSSR count). The fraction of sp³-hybridized carbons (Fsp3) is 0.385. The van der Waals surface area contributed by atoms with Crippen LogP contribution in [0.3, 0.4) is 0 Å². The lowest BCUT2D eigenvalue weighted by molar-refractivity contribution is 0.0959. The highest BCUT2D eigenvalue weighted by Crippen LogP contribution is 2.24. The van der Waals surface area contributed by atoms with Crippen molar-refractivity contribution < 1.29 is 4.79 Å². The van der Waals surface area contributed by atoms with Gasteiger partial charge < -0.3 is 16.4 Å². The van der Waals surface area contributed by atoms with Gasteiger partial charge in [0.05, 0.1) is 0 Å². The van der Waals surface area contributed by atoms with Crippen molar-refractivity contribution in [2.24, 2.45) is 0 Å². The zero-order chi connectivity index (χ0) is 14.4. The lowest BCUT2D eigenvalue weighted by atomic mass is 10.3. The van der Waals surface area contributed by atoms with E-state index in [9.17, 15) is 4.79 Å². The second-order valence-electron chi connectivity index (χ2n) is 4.25. The predicted molar refractivity (Wildman–Crippen MR) is 85.7 cm³/mol. The quantitative estimate of drug-likeness (QED) is 0.734. The summed E-state index contributed by atoms with van der Waals surface area (Å²) in [6.45, 7) is 3.50. The summed E-state index contributed by atoms with van der Waals surface area (Å²) < 4.78 is 0. The van der Waals surface area contributed by atoms with E-state index in [1.807, 2.05) is 11.4 Å². The lowest BCUT2D eigenvalue weighted by Gasteiger charge is -2.02. The van der Waals surface area contributed by atoms with Crippen LogP contribution in [0, 0.1) is 0 Å². The first-order chi connectivity index (χ1) is 9.70. The summed E-state index contributed by atoms with van der Waals surface area (Å²) in [7, 11) is 0. The van der Waals surface area contributed by atoms with Gasteiger partial charge in [0, 0.05) is 18.0 Å². The van der Waals surface area contributed by atoms with Gasteiger partial charge in [-0.2, -0.15) is 0 Å². The SMILES string of the molecule is CCCNc1nc(N)c(C(=O)NCCc2cccs2)s1. The van der Waals surface area contributed by atoms with E-state index in [0.29, 0.717) is 22.4 Å². The minimum absolute atomic E-state index is 0.152. The van der Waals surface area contributed by atoms with Gasteiger partial charge in [-0.15, -0.1) is 11.3 Å². The van der Waals surface area contributed by atoms with Crippen molar-refractivity contribution >= 4 is 39.5 Å². The molecule has 2 heterocycles. The van der Waals surface area contributed by atoms with E-state index in [1.165, 1.54) is 16.2 Å². The Hall–Kier alpha value is -1.60. The van der Waals surface area contributed by atoms with Gasteiger partial charge in [-0.05, 0) is 24.3 Å². The molecule has 0 unspecified atom stereocenters. The molecule has 0 atom stereocenters. The van der Waals surface area contributed by atoms with Crippen LogP contribution in [-0.2, 0) is 6.42 Å². The normalized spacial score (nSPS) is 10.4. The highest BCUT2D eigenvalue weighted by Gasteiger charge is 2.15. The largest absolute Gasteiger partial charge is 0.382 e. The van der Waals surface area contributed by atoms with Gasteiger partial charge in [0.2, 0.25) is 0 Å². The topological polar surface area (TPSA) is 80.0 Å². The Kier molecular flexibility index (Phi) is 5.37. The van der Waals surface area contributed by atoms with Gasteiger partial charge in [0.15, 0.2) is 5.13 Å². The number of nitrogen functional groups attached to an aromatic ring is 1. The van der Waals surface area contributed by atoms with Crippen LogP contribution in [0.15, 0.2) is 17.5 Å². The second kappa shape index (κ2) is 7.25. The van der Waals surface area contributed by atoms with Gasteiger partial charge in [-0.25, -0.2) is 4.98 Å². The van der Waals surface area contributed by atoms with Crippen molar-refractivity contribution in [1.29, 1.82) is 0 Å². The molecule has 0 bridgehead atoms. The average Bonchev–Trinajstić information content (AvgIpc) is 3.06. The molecule has 0 fully saturated rings. The van der Waals surface area contributed by atoms with E-state index in [2.05, 4.69) is 28.6 Å². The monoisotopic (exact) mass is 310 g/mol. The molecule has 0 aliphatic heterocycles. The molecule has 0 aromatic carbocycles. The number of rotatable bonds is 7. The maximum Gasteiger partial charge on any atom is 0.265 e. The number of thiophene rings is 1. The predicted octanol–water partition coefficient (Wildman–Crippen LogP) is 2.58. The first kappa shape index (κ1) is 14.8. The number of nitrogens with zero attached hydrogens (tertiary/aromatic N) is 1. The Morgan fingerprint density at radius 2 is 2.30 bits per heavy atom. The maximum absolute atomic E-state index is 12.0. The van der Waals surface area contributed by atoms with E-state index in [4.69, 9.17) is 5.73 Å². The smallest absolute Gasteiger partial charge is 0.265 e. The maximum atomic E-state index is 12.0. The number of anilines is 2. The number of carbonyl (C=O) groups excluding carboxylic acids is 1. The van der Waals surface area contributed by atoms with Crippen molar-refractivity contribution in [2.45, 2.75) is 19.8 Å². The average molecular weight is 310 g/mol. The first-order valence-electron chi connectivity index (χ1n) is 6.51. The van der Waals surface area contributed by atoms with Crippen LogP contribution in [0.4, 0.5) is 10.9 Å². The van der Waals surface area contributed by atoms with Crippen molar-refractivity contribution in [3.8, 4) is 0 Å². The Morgan fingerprint density at radius 3 is 3.00 bits per heavy atom. The van der Waals surface area contributed by atoms with Crippen LogP contribution in [0.2, 0.25) is 0 Å². The van der Waals surface area contributed by atoms with Crippen LogP contribution in [0.25, 0.3) is 0 Å². The van der Waals surface area contributed by atoms with Crippen molar-refractivity contribution in [2.75, 3.05) is 24.1 Å². The molecule has 5 nitrogen and oxygen atoms in total. The van der Waals surface area contributed by atoms with Crippen LogP contribution < -0.4 is 16.4 Å². The van der Waals surface area contributed by atoms with Gasteiger partial charge in [0.25, 0.3) is 5.91 Å². The molecule has 0 saturated heterocycles. The fourth-order valence-corrected chi connectivity index (χ4v) is 3.17. The Balaban J connectivity index is 1.86.